The van der Waals surface area contributed by atoms with E-state index in [1.807, 2.05) is 20.8 Å². The standard InChI is InChI=1S/C13H17NO2S/c1-8-4-6-9(7-5-8)11-14-10(12(15)16)13(2,3)17-11/h4-7,10-11,14H,1-3H3,(H,15,16)/t10-,11-/m1/s1. The van der Waals surface area contributed by atoms with Crippen molar-refractivity contribution >= 4 is 17.7 Å². The van der Waals surface area contributed by atoms with Crippen LogP contribution in [-0.4, -0.2) is 21.9 Å². The molecule has 0 aromatic heterocycles. The topological polar surface area (TPSA) is 49.3 Å². The molecule has 3 nitrogen and oxygen atoms in total. The molecule has 0 saturated carbocycles. The van der Waals surface area contributed by atoms with Crippen molar-refractivity contribution in [2.45, 2.75) is 36.9 Å². The molecule has 0 bridgehead atoms. The van der Waals surface area contributed by atoms with E-state index >= 15 is 0 Å². The zero-order valence-electron chi connectivity index (χ0n) is 10.2. The third-order valence-electron chi connectivity index (χ3n) is 3.06. The Bertz CT molecular complexity index is 428. The highest BCUT2D eigenvalue weighted by Crippen LogP contribution is 2.45. The number of thioether (sulfide) groups is 1. The molecule has 1 aromatic carbocycles. The fraction of sp³-hybridized carbons (Fsp3) is 0.462. The lowest BCUT2D eigenvalue weighted by Gasteiger charge is -2.20. The normalized spacial score (nSPS) is 27.0. The summed E-state index contributed by atoms with van der Waals surface area (Å²) in [4.78, 5) is 11.2. The number of aryl methyl sites for hydroxylation is 1. The summed E-state index contributed by atoms with van der Waals surface area (Å²) >= 11 is 1.67. The predicted octanol–water partition coefficient (Wildman–Crippen LogP) is 2.56. The lowest BCUT2D eigenvalue weighted by Crippen LogP contribution is -2.43. The summed E-state index contributed by atoms with van der Waals surface area (Å²) in [5, 5.41) is 12.4. The Kier molecular flexibility index (Phi) is 3.19. The van der Waals surface area contributed by atoms with Crippen molar-refractivity contribution in [3.05, 3.63) is 35.4 Å². The van der Waals surface area contributed by atoms with Crippen molar-refractivity contribution in [3.8, 4) is 0 Å². The first-order valence-corrected chi connectivity index (χ1v) is 6.51. The maximum absolute atomic E-state index is 11.2. The molecule has 1 aromatic rings. The molecule has 2 rings (SSSR count). The van der Waals surface area contributed by atoms with Gasteiger partial charge in [-0.1, -0.05) is 29.8 Å². The molecular formula is C13H17NO2S. The van der Waals surface area contributed by atoms with Crippen LogP contribution in [0.15, 0.2) is 24.3 Å². The Balaban J connectivity index is 2.21. The minimum absolute atomic E-state index is 0.0618. The highest BCUT2D eigenvalue weighted by atomic mass is 32.2. The SMILES string of the molecule is Cc1ccc([C@@H]2N[C@H](C(=O)O)C(C)(C)S2)cc1. The Morgan fingerprint density at radius 3 is 2.41 bits per heavy atom. The number of carbonyl (C=O) groups is 1. The van der Waals surface area contributed by atoms with Gasteiger partial charge in [0, 0.05) is 4.75 Å². The number of hydrogen-bond acceptors (Lipinski definition) is 3. The van der Waals surface area contributed by atoms with E-state index in [1.165, 1.54) is 5.56 Å². The van der Waals surface area contributed by atoms with Crippen LogP contribution < -0.4 is 5.32 Å². The van der Waals surface area contributed by atoms with Crippen LogP contribution in [0.5, 0.6) is 0 Å². The van der Waals surface area contributed by atoms with Gasteiger partial charge < -0.3 is 5.11 Å². The summed E-state index contributed by atoms with van der Waals surface area (Å²) in [7, 11) is 0. The highest BCUT2D eigenvalue weighted by Gasteiger charge is 2.45. The molecule has 0 spiro atoms. The van der Waals surface area contributed by atoms with E-state index in [4.69, 9.17) is 0 Å². The van der Waals surface area contributed by atoms with Crippen molar-refractivity contribution in [1.29, 1.82) is 0 Å². The van der Waals surface area contributed by atoms with Crippen molar-refractivity contribution in [3.63, 3.8) is 0 Å². The summed E-state index contributed by atoms with van der Waals surface area (Å²) < 4.78 is -0.290. The van der Waals surface area contributed by atoms with E-state index in [1.54, 1.807) is 11.8 Å². The molecule has 92 valence electrons. The van der Waals surface area contributed by atoms with Gasteiger partial charge in [-0.15, -0.1) is 11.8 Å². The molecule has 1 fully saturated rings. The number of aliphatic carboxylic acids is 1. The predicted molar refractivity (Wildman–Crippen MR) is 70.1 cm³/mol. The monoisotopic (exact) mass is 251 g/mol. The van der Waals surface area contributed by atoms with E-state index in [2.05, 4.69) is 29.6 Å². The minimum Gasteiger partial charge on any atom is -0.480 e. The van der Waals surface area contributed by atoms with E-state index in [0.29, 0.717) is 0 Å². The zero-order chi connectivity index (χ0) is 12.6. The molecular weight excluding hydrogens is 234 g/mol. The van der Waals surface area contributed by atoms with Gasteiger partial charge in [0.2, 0.25) is 0 Å². The minimum atomic E-state index is -0.780. The molecule has 0 amide bonds. The van der Waals surface area contributed by atoms with Crippen LogP contribution in [0.4, 0.5) is 0 Å². The van der Waals surface area contributed by atoms with Crippen molar-refractivity contribution < 1.29 is 9.90 Å². The van der Waals surface area contributed by atoms with Gasteiger partial charge in [0.1, 0.15) is 6.04 Å². The van der Waals surface area contributed by atoms with Gasteiger partial charge in [-0.25, -0.2) is 0 Å². The lowest BCUT2D eigenvalue weighted by atomic mass is 10.0. The van der Waals surface area contributed by atoms with Crippen LogP contribution in [0.3, 0.4) is 0 Å². The summed E-state index contributed by atoms with van der Waals surface area (Å²) in [5.41, 5.74) is 2.35. The molecule has 1 heterocycles. The number of hydrogen-bond donors (Lipinski definition) is 2. The fourth-order valence-electron chi connectivity index (χ4n) is 2.03. The Morgan fingerprint density at radius 2 is 1.94 bits per heavy atom. The summed E-state index contributed by atoms with van der Waals surface area (Å²) in [6.07, 6.45) is 0. The Morgan fingerprint density at radius 1 is 1.35 bits per heavy atom. The van der Waals surface area contributed by atoms with Crippen LogP contribution in [0, 0.1) is 6.92 Å². The van der Waals surface area contributed by atoms with Crippen molar-refractivity contribution in [2.24, 2.45) is 0 Å². The number of rotatable bonds is 2. The van der Waals surface area contributed by atoms with Crippen LogP contribution in [0.2, 0.25) is 0 Å². The second-order valence-electron chi connectivity index (χ2n) is 4.95. The summed E-state index contributed by atoms with van der Waals surface area (Å²) in [6.45, 7) is 5.98. The van der Waals surface area contributed by atoms with Crippen LogP contribution >= 0.6 is 11.8 Å². The smallest absolute Gasteiger partial charge is 0.322 e. The van der Waals surface area contributed by atoms with Gasteiger partial charge in [0.05, 0.1) is 5.37 Å². The van der Waals surface area contributed by atoms with E-state index in [9.17, 15) is 9.90 Å². The third kappa shape index (κ3) is 2.48. The molecule has 2 N–H and O–H groups in total. The highest BCUT2D eigenvalue weighted by molar-refractivity contribution is 8.01. The van der Waals surface area contributed by atoms with Gasteiger partial charge in [-0.2, -0.15) is 0 Å². The third-order valence-corrected chi connectivity index (χ3v) is 4.55. The molecule has 4 heteroatoms. The average molecular weight is 251 g/mol. The van der Waals surface area contributed by atoms with E-state index in [0.717, 1.165) is 5.56 Å². The largest absolute Gasteiger partial charge is 0.480 e. The molecule has 17 heavy (non-hydrogen) atoms. The number of carboxylic acids is 1. The van der Waals surface area contributed by atoms with Crippen molar-refractivity contribution in [2.75, 3.05) is 0 Å². The Hall–Kier alpha value is -1.00. The number of nitrogens with one attached hydrogen (secondary N) is 1. The number of benzene rings is 1. The molecule has 0 radical (unpaired) electrons. The Labute approximate surface area is 106 Å². The van der Waals surface area contributed by atoms with Gasteiger partial charge in [0.15, 0.2) is 0 Å². The molecule has 1 aliphatic rings. The summed E-state index contributed by atoms with van der Waals surface area (Å²) in [5.74, 6) is -0.780. The molecule has 0 unspecified atom stereocenters. The molecule has 0 aliphatic carbocycles. The lowest BCUT2D eigenvalue weighted by molar-refractivity contribution is -0.139. The first-order chi connectivity index (χ1) is 7.90. The van der Waals surface area contributed by atoms with Crippen LogP contribution in [-0.2, 0) is 4.79 Å². The van der Waals surface area contributed by atoms with Gasteiger partial charge in [-0.05, 0) is 26.3 Å². The zero-order valence-corrected chi connectivity index (χ0v) is 11.0. The summed E-state index contributed by atoms with van der Waals surface area (Å²) in [6, 6.07) is 7.72. The van der Waals surface area contributed by atoms with Crippen LogP contribution in [0.25, 0.3) is 0 Å². The van der Waals surface area contributed by atoms with E-state index in [-0.39, 0.29) is 10.1 Å². The van der Waals surface area contributed by atoms with Gasteiger partial charge in [-0.3, -0.25) is 10.1 Å². The second-order valence-corrected chi connectivity index (χ2v) is 6.71. The van der Waals surface area contributed by atoms with Gasteiger partial charge in [0.25, 0.3) is 0 Å². The van der Waals surface area contributed by atoms with Gasteiger partial charge >= 0.3 is 5.97 Å². The first kappa shape index (κ1) is 12.5. The second kappa shape index (κ2) is 4.35. The maximum atomic E-state index is 11.2. The molecule has 1 saturated heterocycles. The maximum Gasteiger partial charge on any atom is 0.322 e. The number of carboxylic acid groups (broad SMARTS) is 1. The van der Waals surface area contributed by atoms with Crippen molar-refractivity contribution in [1.82, 2.24) is 5.32 Å². The molecule has 2 atom stereocenters. The quantitative estimate of drug-likeness (QED) is 0.848. The van der Waals surface area contributed by atoms with Crippen LogP contribution in [0.1, 0.15) is 30.3 Å². The fourth-order valence-corrected chi connectivity index (χ4v) is 3.44. The van der Waals surface area contributed by atoms with E-state index < -0.39 is 12.0 Å². The average Bonchev–Trinajstić information content (AvgIpc) is 2.55. The first-order valence-electron chi connectivity index (χ1n) is 5.63. The molecule has 1 aliphatic heterocycles.